The number of rotatable bonds is 2. The lowest BCUT2D eigenvalue weighted by Gasteiger charge is -2.44. The molecule has 2 fully saturated rings. The SMILES string of the molecule is NC(CO)C1CCOC2(CCSCC2)C1. The van der Waals surface area contributed by atoms with Gasteiger partial charge >= 0.3 is 0 Å². The number of aliphatic hydroxyl groups is 1. The number of nitrogens with two attached hydrogens (primary N) is 1. The number of hydrogen-bond donors (Lipinski definition) is 2. The van der Waals surface area contributed by atoms with E-state index in [9.17, 15) is 0 Å². The van der Waals surface area contributed by atoms with E-state index in [2.05, 4.69) is 0 Å². The molecule has 88 valence electrons. The van der Waals surface area contributed by atoms with Crippen LogP contribution in [0.2, 0.25) is 0 Å². The van der Waals surface area contributed by atoms with Gasteiger partial charge in [-0.05, 0) is 43.1 Å². The van der Waals surface area contributed by atoms with Crippen molar-refractivity contribution in [2.45, 2.75) is 37.3 Å². The highest BCUT2D eigenvalue weighted by Gasteiger charge is 2.40. The Hall–Kier alpha value is 0.230. The zero-order chi connectivity index (χ0) is 10.7. The molecule has 0 bridgehead atoms. The van der Waals surface area contributed by atoms with Crippen LogP contribution in [0.15, 0.2) is 0 Å². The molecule has 3 N–H and O–H groups in total. The summed E-state index contributed by atoms with van der Waals surface area (Å²) in [6.07, 6.45) is 4.38. The van der Waals surface area contributed by atoms with Crippen molar-refractivity contribution in [3.63, 3.8) is 0 Å². The smallest absolute Gasteiger partial charge is 0.0701 e. The Morgan fingerprint density at radius 1 is 1.47 bits per heavy atom. The fraction of sp³-hybridized carbons (Fsp3) is 1.00. The van der Waals surface area contributed by atoms with E-state index in [-0.39, 0.29) is 18.2 Å². The van der Waals surface area contributed by atoms with Crippen LogP contribution in [0.1, 0.15) is 25.7 Å². The van der Waals surface area contributed by atoms with Gasteiger partial charge in [-0.15, -0.1) is 0 Å². The largest absolute Gasteiger partial charge is 0.395 e. The molecule has 0 radical (unpaired) electrons. The molecule has 0 saturated carbocycles. The molecule has 1 spiro atoms. The Morgan fingerprint density at radius 2 is 2.20 bits per heavy atom. The predicted octanol–water partition coefficient (Wildman–Crippen LogP) is 0.998. The summed E-state index contributed by atoms with van der Waals surface area (Å²) in [5, 5.41) is 9.10. The van der Waals surface area contributed by atoms with Crippen LogP contribution >= 0.6 is 11.8 Å². The van der Waals surface area contributed by atoms with Crippen molar-refractivity contribution in [2.75, 3.05) is 24.7 Å². The molecule has 2 aliphatic heterocycles. The van der Waals surface area contributed by atoms with Crippen LogP contribution < -0.4 is 5.73 Å². The van der Waals surface area contributed by atoms with Crippen LogP contribution in [-0.2, 0) is 4.74 Å². The van der Waals surface area contributed by atoms with Crippen molar-refractivity contribution < 1.29 is 9.84 Å². The minimum atomic E-state index is -0.0552. The van der Waals surface area contributed by atoms with E-state index in [1.807, 2.05) is 11.8 Å². The molecule has 2 rings (SSSR count). The lowest BCUT2D eigenvalue weighted by atomic mass is 9.79. The second-order valence-corrected chi connectivity index (χ2v) is 5.97. The molecular formula is C11H21NO2S. The second kappa shape index (κ2) is 5.04. The fourth-order valence-corrected chi connectivity index (χ4v) is 3.91. The minimum Gasteiger partial charge on any atom is -0.395 e. The Labute approximate surface area is 95.7 Å². The first-order valence-corrected chi connectivity index (χ1v) is 6.99. The first kappa shape index (κ1) is 11.7. The van der Waals surface area contributed by atoms with Crippen molar-refractivity contribution in [3.05, 3.63) is 0 Å². The van der Waals surface area contributed by atoms with Gasteiger partial charge in [0.05, 0.1) is 12.2 Å². The monoisotopic (exact) mass is 231 g/mol. The Kier molecular flexibility index (Phi) is 3.93. The lowest BCUT2D eigenvalue weighted by Crippen LogP contribution is -2.48. The highest BCUT2D eigenvalue weighted by molar-refractivity contribution is 7.99. The summed E-state index contributed by atoms with van der Waals surface area (Å²) in [6.45, 7) is 0.929. The minimum absolute atomic E-state index is 0.0552. The van der Waals surface area contributed by atoms with Crippen LogP contribution in [0.5, 0.6) is 0 Å². The second-order valence-electron chi connectivity index (χ2n) is 4.74. The van der Waals surface area contributed by atoms with Crippen molar-refractivity contribution in [2.24, 2.45) is 11.7 Å². The van der Waals surface area contributed by atoms with Gasteiger partial charge in [-0.25, -0.2) is 0 Å². The molecule has 2 aliphatic rings. The normalized spacial score (nSPS) is 32.8. The average molecular weight is 231 g/mol. The molecule has 2 heterocycles. The van der Waals surface area contributed by atoms with Gasteiger partial charge < -0.3 is 15.6 Å². The van der Waals surface area contributed by atoms with Crippen molar-refractivity contribution >= 4 is 11.8 Å². The molecule has 4 heteroatoms. The Bertz CT molecular complexity index is 201. The summed E-state index contributed by atoms with van der Waals surface area (Å²) >= 11 is 2.02. The van der Waals surface area contributed by atoms with Crippen LogP contribution in [0.4, 0.5) is 0 Å². The van der Waals surface area contributed by atoms with E-state index in [0.717, 1.165) is 32.3 Å². The van der Waals surface area contributed by atoms with Gasteiger partial charge in [0.2, 0.25) is 0 Å². The quantitative estimate of drug-likeness (QED) is 0.744. The van der Waals surface area contributed by atoms with Gasteiger partial charge in [-0.2, -0.15) is 11.8 Å². The highest BCUT2D eigenvalue weighted by atomic mass is 32.2. The van der Waals surface area contributed by atoms with Gasteiger partial charge in [0.25, 0.3) is 0 Å². The van der Waals surface area contributed by atoms with Crippen LogP contribution in [0.25, 0.3) is 0 Å². The van der Waals surface area contributed by atoms with Crippen molar-refractivity contribution in [3.8, 4) is 0 Å². The van der Waals surface area contributed by atoms with Gasteiger partial charge in [-0.3, -0.25) is 0 Å². The van der Waals surface area contributed by atoms with E-state index in [1.54, 1.807) is 0 Å². The maximum absolute atomic E-state index is 9.10. The predicted molar refractivity (Wildman–Crippen MR) is 63.0 cm³/mol. The molecule has 3 nitrogen and oxygen atoms in total. The highest BCUT2D eigenvalue weighted by Crippen LogP contribution is 2.40. The molecule has 2 unspecified atom stereocenters. The van der Waals surface area contributed by atoms with Gasteiger partial charge in [0, 0.05) is 12.6 Å². The topological polar surface area (TPSA) is 55.5 Å². The number of ether oxygens (including phenoxy) is 1. The summed E-state index contributed by atoms with van der Waals surface area (Å²) < 4.78 is 5.98. The lowest BCUT2D eigenvalue weighted by molar-refractivity contribution is -0.107. The van der Waals surface area contributed by atoms with Crippen LogP contribution in [-0.4, -0.2) is 41.5 Å². The van der Waals surface area contributed by atoms with E-state index in [1.165, 1.54) is 11.5 Å². The zero-order valence-corrected chi connectivity index (χ0v) is 9.97. The molecular weight excluding hydrogens is 210 g/mol. The van der Waals surface area contributed by atoms with Crippen molar-refractivity contribution in [1.29, 1.82) is 0 Å². The molecule has 0 amide bonds. The first-order valence-electron chi connectivity index (χ1n) is 5.84. The third-order valence-corrected chi connectivity index (χ3v) is 4.74. The Balaban J connectivity index is 1.96. The van der Waals surface area contributed by atoms with Crippen LogP contribution in [0.3, 0.4) is 0 Å². The van der Waals surface area contributed by atoms with Gasteiger partial charge in [-0.1, -0.05) is 0 Å². The van der Waals surface area contributed by atoms with E-state index >= 15 is 0 Å². The van der Waals surface area contributed by atoms with E-state index in [0.29, 0.717) is 5.92 Å². The third-order valence-electron chi connectivity index (χ3n) is 3.75. The average Bonchev–Trinajstić information content (AvgIpc) is 2.29. The Morgan fingerprint density at radius 3 is 2.87 bits per heavy atom. The maximum atomic E-state index is 9.10. The maximum Gasteiger partial charge on any atom is 0.0701 e. The molecule has 0 aliphatic carbocycles. The van der Waals surface area contributed by atoms with Crippen molar-refractivity contribution in [1.82, 2.24) is 0 Å². The number of thioether (sulfide) groups is 1. The molecule has 0 aromatic carbocycles. The molecule has 2 atom stereocenters. The summed E-state index contributed by atoms with van der Waals surface area (Å²) in [6, 6.07) is -0.0552. The van der Waals surface area contributed by atoms with E-state index < -0.39 is 0 Å². The molecule has 15 heavy (non-hydrogen) atoms. The number of hydrogen-bond acceptors (Lipinski definition) is 4. The standard InChI is InChI=1S/C11H21NO2S/c12-10(8-13)9-1-4-14-11(7-9)2-5-15-6-3-11/h9-10,13H,1-8,12H2. The summed E-state index contributed by atoms with van der Waals surface area (Å²) in [4.78, 5) is 0. The fourth-order valence-electron chi connectivity index (χ4n) is 2.67. The summed E-state index contributed by atoms with van der Waals surface area (Å²) in [7, 11) is 0. The number of aliphatic hydroxyl groups excluding tert-OH is 1. The van der Waals surface area contributed by atoms with Crippen LogP contribution in [0, 0.1) is 5.92 Å². The molecule has 0 aromatic heterocycles. The first-order chi connectivity index (χ1) is 7.26. The van der Waals surface area contributed by atoms with Gasteiger partial charge in [0.15, 0.2) is 0 Å². The third kappa shape index (κ3) is 2.67. The molecule has 0 aromatic rings. The van der Waals surface area contributed by atoms with Gasteiger partial charge in [0.1, 0.15) is 0 Å². The summed E-state index contributed by atoms with van der Waals surface area (Å²) in [5.41, 5.74) is 6.03. The summed E-state index contributed by atoms with van der Waals surface area (Å²) in [5.74, 6) is 2.87. The molecule has 2 saturated heterocycles. The zero-order valence-electron chi connectivity index (χ0n) is 9.15. The van der Waals surface area contributed by atoms with E-state index in [4.69, 9.17) is 15.6 Å².